The SMILES string of the molecule is CC(NCc1ccn(C)n1)c1ccccc1O. The monoisotopic (exact) mass is 231 g/mol. The van der Waals surface area contributed by atoms with E-state index in [0.717, 1.165) is 11.3 Å². The molecule has 0 aliphatic carbocycles. The second-order valence-electron chi connectivity index (χ2n) is 4.14. The number of nitrogens with zero attached hydrogens (tertiary/aromatic N) is 2. The smallest absolute Gasteiger partial charge is 0.120 e. The number of aryl methyl sites for hydroxylation is 1. The Morgan fingerprint density at radius 3 is 2.76 bits per heavy atom. The summed E-state index contributed by atoms with van der Waals surface area (Å²) in [6, 6.07) is 9.45. The van der Waals surface area contributed by atoms with E-state index in [2.05, 4.69) is 10.4 Å². The van der Waals surface area contributed by atoms with E-state index in [1.54, 1.807) is 10.7 Å². The van der Waals surface area contributed by atoms with Gasteiger partial charge in [0.2, 0.25) is 0 Å². The average Bonchev–Trinajstić information content (AvgIpc) is 2.73. The van der Waals surface area contributed by atoms with Crippen molar-refractivity contribution < 1.29 is 5.11 Å². The molecule has 2 N–H and O–H groups in total. The van der Waals surface area contributed by atoms with Gasteiger partial charge in [-0.3, -0.25) is 4.68 Å². The van der Waals surface area contributed by atoms with Gasteiger partial charge in [0.15, 0.2) is 0 Å². The van der Waals surface area contributed by atoms with Crippen LogP contribution in [0.15, 0.2) is 36.5 Å². The predicted molar refractivity (Wildman–Crippen MR) is 66.6 cm³/mol. The third kappa shape index (κ3) is 2.85. The van der Waals surface area contributed by atoms with Crippen LogP contribution in [0.5, 0.6) is 5.75 Å². The van der Waals surface area contributed by atoms with Crippen LogP contribution in [-0.4, -0.2) is 14.9 Å². The molecule has 4 nitrogen and oxygen atoms in total. The Balaban J connectivity index is 1.98. The van der Waals surface area contributed by atoms with E-state index < -0.39 is 0 Å². The van der Waals surface area contributed by atoms with Gasteiger partial charge in [0.05, 0.1) is 5.69 Å². The molecule has 0 aliphatic rings. The Morgan fingerprint density at radius 2 is 2.12 bits per heavy atom. The molecule has 4 heteroatoms. The van der Waals surface area contributed by atoms with E-state index in [1.807, 2.05) is 44.4 Å². The first kappa shape index (κ1) is 11.7. The molecule has 1 aromatic carbocycles. The summed E-state index contributed by atoms with van der Waals surface area (Å²) >= 11 is 0. The molecular weight excluding hydrogens is 214 g/mol. The zero-order chi connectivity index (χ0) is 12.3. The lowest BCUT2D eigenvalue weighted by atomic mass is 10.1. The third-order valence-corrected chi connectivity index (χ3v) is 2.76. The van der Waals surface area contributed by atoms with Gasteiger partial charge in [0, 0.05) is 31.4 Å². The Kier molecular flexibility index (Phi) is 3.44. The van der Waals surface area contributed by atoms with E-state index in [-0.39, 0.29) is 6.04 Å². The maximum atomic E-state index is 9.72. The minimum absolute atomic E-state index is 0.0956. The van der Waals surface area contributed by atoms with Crippen molar-refractivity contribution in [3.8, 4) is 5.75 Å². The molecule has 0 saturated carbocycles. The largest absolute Gasteiger partial charge is 0.508 e. The van der Waals surface area contributed by atoms with E-state index in [1.165, 1.54) is 0 Å². The van der Waals surface area contributed by atoms with Crippen LogP contribution in [0, 0.1) is 0 Å². The van der Waals surface area contributed by atoms with Crippen molar-refractivity contribution in [3.63, 3.8) is 0 Å². The standard InChI is InChI=1S/C13H17N3O/c1-10(12-5-3-4-6-13(12)17)14-9-11-7-8-16(2)15-11/h3-8,10,14,17H,9H2,1-2H3. The van der Waals surface area contributed by atoms with Gasteiger partial charge in [-0.15, -0.1) is 0 Å². The summed E-state index contributed by atoms with van der Waals surface area (Å²) in [6.07, 6.45) is 1.92. The van der Waals surface area contributed by atoms with Crippen LogP contribution in [0.25, 0.3) is 0 Å². The normalized spacial score (nSPS) is 12.6. The van der Waals surface area contributed by atoms with Crippen molar-refractivity contribution in [2.24, 2.45) is 7.05 Å². The highest BCUT2D eigenvalue weighted by Gasteiger charge is 2.09. The Bertz CT molecular complexity index is 493. The Hall–Kier alpha value is -1.81. The van der Waals surface area contributed by atoms with Crippen molar-refractivity contribution in [1.82, 2.24) is 15.1 Å². The van der Waals surface area contributed by atoms with Crippen LogP contribution in [0.1, 0.15) is 24.2 Å². The first-order valence-electron chi connectivity index (χ1n) is 5.66. The van der Waals surface area contributed by atoms with Gasteiger partial charge in [0.1, 0.15) is 5.75 Å². The van der Waals surface area contributed by atoms with E-state index >= 15 is 0 Å². The van der Waals surface area contributed by atoms with Crippen LogP contribution in [0.2, 0.25) is 0 Å². The first-order chi connectivity index (χ1) is 8.16. The molecule has 0 amide bonds. The Morgan fingerprint density at radius 1 is 1.35 bits per heavy atom. The van der Waals surface area contributed by atoms with E-state index in [0.29, 0.717) is 12.3 Å². The molecule has 0 bridgehead atoms. The van der Waals surface area contributed by atoms with Crippen LogP contribution in [0.3, 0.4) is 0 Å². The molecule has 0 saturated heterocycles. The molecule has 0 spiro atoms. The topological polar surface area (TPSA) is 50.1 Å². The van der Waals surface area contributed by atoms with Crippen LogP contribution in [0.4, 0.5) is 0 Å². The van der Waals surface area contributed by atoms with Crippen molar-refractivity contribution in [2.75, 3.05) is 0 Å². The highest BCUT2D eigenvalue weighted by Crippen LogP contribution is 2.23. The summed E-state index contributed by atoms with van der Waals surface area (Å²) in [5, 5.41) is 17.3. The number of aromatic hydroxyl groups is 1. The maximum absolute atomic E-state index is 9.72. The summed E-state index contributed by atoms with van der Waals surface area (Å²) in [6.45, 7) is 2.72. The lowest BCUT2D eigenvalue weighted by molar-refractivity contribution is 0.451. The lowest BCUT2D eigenvalue weighted by Gasteiger charge is -2.14. The predicted octanol–water partition coefficient (Wildman–Crippen LogP) is 1.98. The molecule has 90 valence electrons. The molecule has 0 fully saturated rings. The molecule has 0 aliphatic heterocycles. The van der Waals surface area contributed by atoms with Gasteiger partial charge in [-0.25, -0.2) is 0 Å². The van der Waals surface area contributed by atoms with Crippen molar-refractivity contribution >= 4 is 0 Å². The van der Waals surface area contributed by atoms with E-state index in [9.17, 15) is 5.11 Å². The van der Waals surface area contributed by atoms with Crippen LogP contribution < -0.4 is 5.32 Å². The van der Waals surface area contributed by atoms with Gasteiger partial charge in [0.25, 0.3) is 0 Å². The number of nitrogens with one attached hydrogen (secondary N) is 1. The molecule has 1 heterocycles. The molecule has 2 rings (SSSR count). The fourth-order valence-corrected chi connectivity index (χ4v) is 1.78. The van der Waals surface area contributed by atoms with Crippen molar-refractivity contribution in [2.45, 2.75) is 19.5 Å². The number of rotatable bonds is 4. The second-order valence-corrected chi connectivity index (χ2v) is 4.14. The summed E-state index contributed by atoms with van der Waals surface area (Å²) in [5.74, 6) is 0.327. The first-order valence-corrected chi connectivity index (χ1v) is 5.66. The van der Waals surface area contributed by atoms with Gasteiger partial charge in [-0.1, -0.05) is 18.2 Å². The zero-order valence-electron chi connectivity index (χ0n) is 10.1. The van der Waals surface area contributed by atoms with Gasteiger partial charge >= 0.3 is 0 Å². The minimum atomic E-state index is 0.0956. The van der Waals surface area contributed by atoms with Gasteiger partial charge in [-0.2, -0.15) is 5.10 Å². The van der Waals surface area contributed by atoms with E-state index in [4.69, 9.17) is 0 Å². The summed E-state index contributed by atoms with van der Waals surface area (Å²) < 4.78 is 1.78. The fourth-order valence-electron chi connectivity index (χ4n) is 1.78. The maximum Gasteiger partial charge on any atom is 0.120 e. The third-order valence-electron chi connectivity index (χ3n) is 2.76. The molecule has 0 radical (unpaired) electrons. The number of benzene rings is 1. The average molecular weight is 231 g/mol. The molecular formula is C13H17N3O. The number of hydrogen-bond donors (Lipinski definition) is 2. The van der Waals surface area contributed by atoms with Crippen LogP contribution >= 0.6 is 0 Å². The highest BCUT2D eigenvalue weighted by molar-refractivity contribution is 5.34. The molecule has 2 aromatic rings. The second kappa shape index (κ2) is 5.01. The minimum Gasteiger partial charge on any atom is -0.508 e. The molecule has 17 heavy (non-hydrogen) atoms. The Labute approximate surface area is 101 Å². The fraction of sp³-hybridized carbons (Fsp3) is 0.308. The quantitative estimate of drug-likeness (QED) is 0.846. The number of aromatic nitrogens is 2. The highest BCUT2D eigenvalue weighted by atomic mass is 16.3. The summed E-state index contributed by atoms with van der Waals surface area (Å²) in [4.78, 5) is 0. The lowest BCUT2D eigenvalue weighted by Crippen LogP contribution is -2.18. The van der Waals surface area contributed by atoms with Gasteiger partial charge in [-0.05, 0) is 19.1 Å². The molecule has 1 atom stereocenters. The van der Waals surface area contributed by atoms with Gasteiger partial charge < -0.3 is 10.4 Å². The number of para-hydroxylation sites is 1. The summed E-state index contributed by atoms with van der Waals surface area (Å²) in [7, 11) is 1.90. The number of hydrogen-bond acceptors (Lipinski definition) is 3. The number of phenols is 1. The summed E-state index contributed by atoms with van der Waals surface area (Å²) in [5.41, 5.74) is 1.90. The molecule has 1 aromatic heterocycles. The number of phenolic OH excluding ortho intramolecular Hbond substituents is 1. The van der Waals surface area contributed by atoms with Crippen molar-refractivity contribution in [3.05, 3.63) is 47.8 Å². The molecule has 1 unspecified atom stereocenters. The van der Waals surface area contributed by atoms with Crippen molar-refractivity contribution in [1.29, 1.82) is 0 Å². The zero-order valence-corrected chi connectivity index (χ0v) is 10.1. The van der Waals surface area contributed by atoms with Crippen LogP contribution in [-0.2, 0) is 13.6 Å².